The molecule has 1 amide bonds. The molecule has 0 fully saturated rings. The van der Waals surface area contributed by atoms with E-state index in [4.69, 9.17) is 4.74 Å². The Labute approximate surface area is 160 Å². The third-order valence-electron chi connectivity index (χ3n) is 4.70. The second-order valence-corrected chi connectivity index (χ2v) is 8.80. The summed E-state index contributed by atoms with van der Waals surface area (Å²) >= 11 is 0. The maximum Gasteiger partial charge on any atom is 0.264 e. The zero-order chi connectivity index (χ0) is 19.8. The van der Waals surface area contributed by atoms with E-state index in [1.165, 1.54) is 15.3 Å². The molecule has 3 rings (SSSR count). The molecule has 0 saturated heterocycles. The molecule has 0 unspecified atom stereocenters. The lowest BCUT2D eigenvalue weighted by atomic mass is 10.1. The number of rotatable bonds is 5. The zero-order valence-corrected chi connectivity index (χ0v) is 16.8. The first-order valence-corrected chi connectivity index (χ1v) is 10.2. The van der Waals surface area contributed by atoms with Crippen LogP contribution in [0.1, 0.15) is 18.1 Å². The highest BCUT2D eigenvalue weighted by Crippen LogP contribution is 2.37. The number of hydrogen-bond acceptors (Lipinski definition) is 4. The van der Waals surface area contributed by atoms with Crippen LogP contribution in [0.4, 0.5) is 5.69 Å². The number of ether oxygens (including phenoxy) is 1. The Hall–Kier alpha value is -2.54. The van der Waals surface area contributed by atoms with Gasteiger partial charge in [0.2, 0.25) is 0 Å². The minimum Gasteiger partial charge on any atom is -0.483 e. The van der Waals surface area contributed by atoms with Crippen molar-refractivity contribution >= 4 is 21.6 Å². The SMILES string of the molecule is Cc1cc(S(=O)(=O)N2c3ccccc3C[C@H]2C)ccc1OCC(=O)N(C)C. The Balaban J connectivity index is 1.88. The van der Waals surface area contributed by atoms with Crippen LogP contribution in [0.3, 0.4) is 0 Å². The number of likely N-dealkylation sites (N-methyl/N-ethyl adjacent to an activating group) is 1. The van der Waals surface area contributed by atoms with Crippen LogP contribution >= 0.6 is 0 Å². The van der Waals surface area contributed by atoms with Gasteiger partial charge in [-0.15, -0.1) is 0 Å². The van der Waals surface area contributed by atoms with Gasteiger partial charge in [0, 0.05) is 20.1 Å². The van der Waals surface area contributed by atoms with E-state index < -0.39 is 10.0 Å². The molecule has 0 radical (unpaired) electrons. The largest absolute Gasteiger partial charge is 0.483 e. The van der Waals surface area contributed by atoms with E-state index in [1.54, 1.807) is 33.2 Å². The van der Waals surface area contributed by atoms with E-state index in [0.29, 0.717) is 17.7 Å². The summed E-state index contributed by atoms with van der Waals surface area (Å²) in [5, 5.41) is 0. The second kappa shape index (κ2) is 7.23. The van der Waals surface area contributed by atoms with Gasteiger partial charge in [0.15, 0.2) is 6.61 Å². The van der Waals surface area contributed by atoms with Gasteiger partial charge in [-0.05, 0) is 55.7 Å². The van der Waals surface area contributed by atoms with Gasteiger partial charge in [-0.3, -0.25) is 9.10 Å². The van der Waals surface area contributed by atoms with Gasteiger partial charge < -0.3 is 9.64 Å². The fraction of sp³-hybridized carbons (Fsp3) is 0.350. The highest BCUT2D eigenvalue weighted by Gasteiger charge is 2.36. The molecule has 2 aromatic rings. The summed E-state index contributed by atoms with van der Waals surface area (Å²) < 4.78 is 33.5. The van der Waals surface area contributed by atoms with Gasteiger partial charge in [0.05, 0.1) is 10.6 Å². The standard InChI is InChI=1S/C20H24N2O4S/c1-14-11-17(9-10-19(14)26-13-20(23)21(3)4)27(24,25)22-15(2)12-16-7-5-6-8-18(16)22/h5-11,15H,12-13H2,1-4H3/t15-/m1/s1. The lowest BCUT2D eigenvalue weighted by Gasteiger charge is -2.25. The first-order valence-electron chi connectivity index (χ1n) is 8.77. The monoisotopic (exact) mass is 388 g/mol. The van der Waals surface area contributed by atoms with Gasteiger partial charge in [-0.2, -0.15) is 0 Å². The number of benzene rings is 2. The van der Waals surface area contributed by atoms with E-state index in [1.807, 2.05) is 31.2 Å². The molecule has 0 aliphatic carbocycles. The summed E-state index contributed by atoms with van der Waals surface area (Å²) in [6, 6.07) is 12.2. The Bertz CT molecular complexity index is 970. The smallest absolute Gasteiger partial charge is 0.264 e. The molecule has 1 atom stereocenters. The van der Waals surface area contributed by atoms with Crippen molar-refractivity contribution < 1.29 is 17.9 Å². The molecule has 0 aromatic heterocycles. The predicted molar refractivity (Wildman–Crippen MR) is 105 cm³/mol. The van der Waals surface area contributed by atoms with E-state index in [2.05, 4.69) is 0 Å². The molecule has 0 bridgehead atoms. The lowest BCUT2D eigenvalue weighted by molar-refractivity contribution is -0.130. The molecule has 1 heterocycles. The number of aryl methyl sites for hydroxylation is 1. The summed E-state index contributed by atoms with van der Waals surface area (Å²) in [4.78, 5) is 13.3. The second-order valence-electron chi connectivity index (χ2n) is 6.99. The summed E-state index contributed by atoms with van der Waals surface area (Å²) in [5.74, 6) is 0.340. The summed E-state index contributed by atoms with van der Waals surface area (Å²) in [6.07, 6.45) is 0.697. The molecule has 1 aliphatic heterocycles. The van der Waals surface area contributed by atoms with Crippen LogP contribution in [-0.2, 0) is 21.2 Å². The molecule has 0 saturated carbocycles. The third-order valence-corrected chi connectivity index (χ3v) is 6.62. The van der Waals surface area contributed by atoms with Crippen molar-refractivity contribution in [3.05, 3.63) is 53.6 Å². The fourth-order valence-electron chi connectivity index (χ4n) is 3.23. The predicted octanol–water partition coefficient (Wildman–Crippen LogP) is 2.60. The molecule has 0 spiro atoms. The van der Waals surface area contributed by atoms with Crippen molar-refractivity contribution in [1.82, 2.24) is 4.90 Å². The fourth-order valence-corrected chi connectivity index (χ4v) is 5.01. The van der Waals surface area contributed by atoms with Gasteiger partial charge >= 0.3 is 0 Å². The number of nitrogens with zero attached hydrogens (tertiary/aromatic N) is 2. The Morgan fingerprint density at radius 3 is 2.59 bits per heavy atom. The number of carbonyl (C=O) groups is 1. The van der Waals surface area contributed by atoms with Crippen molar-refractivity contribution in [2.75, 3.05) is 25.0 Å². The van der Waals surface area contributed by atoms with Crippen molar-refractivity contribution in [3.63, 3.8) is 0 Å². The summed E-state index contributed by atoms with van der Waals surface area (Å²) in [5.41, 5.74) is 2.44. The average molecular weight is 388 g/mol. The van der Waals surface area contributed by atoms with E-state index >= 15 is 0 Å². The van der Waals surface area contributed by atoms with Gasteiger partial charge in [-0.25, -0.2) is 8.42 Å². The van der Waals surface area contributed by atoms with Crippen LogP contribution in [0.5, 0.6) is 5.75 Å². The minimum absolute atomic E-state index is 0.0868. The minimum atomic E-state index is -3.68. The third kappa shape index (κ3) is 3.64. The zero-order valence-electron chi connectivity index (χ0n) is 16.0. The first kappa shape index (κ1) is 19.2. The lowest BCUT2D eigenvalue weighted by Crippen LogP contribution is -2.35. The Morgan fingerprint density at radius 2 is 1.93 bits per heavy atom. The normalized spacial score (nSPS) is 16.1. The van der Waals surface area contributed by atoms with Crippen LogP contribution in [0, 0.1) is 6.92 Å². The number of sulfonamides is 1. The van der Waals surface area contributed by atoms with E-state index in [0.717, 1.165) is 11.3 Å². The Morgan fingerprint density at radius 1 is 1.22 bits per heavy atom. The number of para-hydroxylation sites is 1. The van der Waals surface area contributed by atoms with Crippen molar-refractivity contribution in [2.24, 2.45) is 0 Å². The van der Waals surface area contributed by atoms with Crippen molar-refractivity contribution in [3.8, 4) is 5.75 Å². The van der Waals surface area contributed by atoms with Crippen LogP contribution in [0.15, 0.2) is 47.4 Å². The molecular weight excluding hydrogens is 364 g/mol. The van der Waals surface area contributed by atoms with Gasteiger partial charge in [0.1, 0.15) is 5.75 Å². The highest BCUT2D eigenvalue weighted by molar-refractivity contribution is 7.92. The summed E-state index contributed by atoms with van der Waals surface area (Å²) in [7, 11) is -0.371. The van der Waals surface area contributed by atoms with Crippen LogP contribution in [-0.4, -0.2) is 46.0 Å². The van der Waals surface area contributed by atoms with E-state index in [9.17, 15) is 13.2 Å². The molecule has 7 heteroatoms. The molecule has 0 N–H and O–H groups in total. The summed E-state index contributed by atoms with van der Waals surface area (Å²) in [6.45, 7) is 3.60. The number of carbonyl (C=O) groups excluding carboxylic acids is 1. The maximum atomic E-state index is 13.3. The van der Waals surface area contributed by atoms with Crippen molar-refractivity contribution in [2.45, 2.75) is 31.2 Å². The molecule has 1 aliphatic rings. The topological polar surface area (TPSA) is 66.9 Å². The van der Waals surface area contributed by atoms with Crippen LogP contribution in [0.25, 0.3) is 0 Å². The van der Waals surface area contributed by atoms with Crippen molar-refractivity contribution in [1.29, 1.82) is 0 Å². The van der Waals surface area contributed by atoms with Crippen LogP contribution < -0.4 is 9.04 Å². The number of hydrogen-bond donors (Lipinski definition) is 0. The molecule has 6 nitrogen and oxygen atoms in total. The van der Waals surface area contributed by atoms with E-state index in [-0.39, 0.29) is 23.5 Å². The number of fused-ring (bicyclic) bond motifs is 1. The Kier molecular flexibility index (Phi) is 5.15. The molecule has 2 aromatic carbocycles. The number of amides is 1. The average Bonchev–Trinajstić information content (AvgIpc) is 2.96. The van der Waals surface area contributed by atoms with Gasteiger partial charge in [-0.1, -0.05) is 18.2 Å². The number of anilines is 1. The maximum absolute atomic E-state index is 13.3. The molecule has 144 valence electrons. The molecule has 27 heavy (non-hydrogen) atoms. The highest BCUT2D eigenvalue weighted by atomic mass is 32.2. The molecular formula is C20H24N2O4S. The van der Waals surface area contributed by atoms with Crippen LogP contribution in [0.2, 0.25) is 0 Å². The first-order chi connectivity index (χ1) is 12.7. The van der Waals surface area contributed by atoms with Gasteiger partial charge in [0.25, 0.3) is 15.9 Å². The quantitative estimate of drug-likeness (QED) is 0.790.